The molecular weight excluding hydrogens is 568 g/mol. The average molecular weight is 587 g/mol. The molecule has 6 rings (SSSR count). The number of pyridine rings is 1. The predicted molar refractivity (Wildman–Crippen MR) is 146 cm³/mol. The summed E-state index contributed by atoms with van der Waals surface area (Å²) in [5.41, 5.74) is -0.549. The number of hydrogen-bond donors (Lipinski definition) is 1. The number of anilines is 1. The molecule has 0 saturated heterocycles. The molecule has 0 spiro atoms. The first kappa shape index (κ1) is 27.3. The minimum Gasteiger partial charge on any atom is -0.457 e. The van der Waals surface area contributed by atoms with Crippen LogP contribution in [0.1, 0.15) is 16.3 Å². The molecule has 0 saturated carbocycles. The molecule has 1 amide bonds. The molecule has 3 aromatic heterocycles. The van der Waals surface area contributed by atoms with Crippen molar-refractivity contribution in [2.75, 3.05) is 5.32 Å². The molecule has 214 valence electrons. The Labute approximate surface area is 240 Å². The van der Waals surface area contributed by atoms with Crippen LogP contribution >= 0.6 is 0 Å². The van der Waals surface area contributed by atoms with E-state index in [0.717, 1.165) is 6.07 Å². The number of rotatable bonds is 7. The topological polar surface area (TPSA) is 104 Å². The second-order valence-corrected chi connectivity index (χ2v) is 9.03. The molecule has 3 aromatic carbocycles. The monoisotopic (exact) mass is 586 g/mol. The van der Waals surface area contributed by atoms with Crippen molar-refractivity contribution in [1.29, 1.82) is 0 Å². The number of hydrogen-bond acceptors (Lipinski definition) is 7. The lowest BCUT2D eigenvalue weighted by molar-refractivity contribution is -0.142. The van der Waals surface area contributed by atoms with Gasteiger partial charge in [0, 0.05) is 35.6 Å². The van der Waals surface area contributed by atoms with Gasteiger partial charge >= 0.3 is 6.18 Å². The average Bonchev–Trinajstić information content (AvgIpc) is 3.43. The SMILES string of the molecule is O=C(Nc1cc(Oc2ccc(F)cc2)cc(Oc2cccnc2)c1)c1nc2nc(-c3ccccc3)cc(C(F)(F)F)n2n1. The van der Waals surface area contributed by atoms with E-state index in [9.17, 15) is 22.4 Å². The Morgan fingerprint density at radius 2 is 1.51 bits per heavy atom. The molecule has 43 heavy (non-hydrogen) atoms. The number of nitrogens with zero attached hydrogens (tertiary/aromatic N) is 5. The fourth-order valence-corrected chi connectivity index (χ4v) is 4.05. The summed E-state index contributed by atoms with van der Waals surface area (Å²) < 4.78 is 67.4. The standard InChI is InChI=1S/C30H18F4N6O3/c31-19-8-10-21(11-9-19)42-23-13-20(14-24(15-23)43-22-7-4-12-35-17-22)36-28(41)27-38-29-37-25(18-5-2-1-3-6-18)16-26(30(32,33)34)40(29)39-27/h1-17H,(H,36,41). The summed E-state index contributed by atoms with van der Waals surface area (Å²) in [7, 11) is 0. The van der Waals surface area contributed by atoms with Gasteiger partial charge in [-0.2, -0.15) is 22.7 Å². The zero-order valence-electron chi connectivity index (χ0n) is 21.8. The van der Waals surface area contributed by atoms with Crippen molar-refractivity contribution in [1.82, 2.24) is 24.6 Å². The van der Waals surface area contributed by atoms with Crippen molar-refractivity contribution < 1.29 is 31.8 Å². The van der Waals surface area contributed by atoms with E-state index < -0.39 is 35.2 Å². The van der Waals surface area contributed by atoms with Gasteiger partial charge in [0.25, 0.3) is 11.7 Å². The van der Waals surface area contributed by atoms with Gasteiger partial charge in [0.1, 0.15) is 28.8 Å². The molecule has 6 aromatic rings. The second kappa shape index (κ2) is 11.2. The zero-order valence-corrected chi connectivity index (χ0v) is 21.8. The normalized spacial score (nSPS) is 11.3. The number of halogens is 4. The van der Waals surface area contributed by atoms with Crippen molar-refractivity contribution in [3.05, 3.63) is 121 Å². The maximum Gasteiger partial charge on any atom is 0.433 e. The molecule has 0 radical (unpaired) electrons. The Hall–Kier alpha value is -5.85. The Morgan fingerprint density at radius 1 is 0.791 bits per heavy atom. The van der Waals surface area contributed by atoms with E-state index in [4.69, 9.17) is 9.47 Å². The summed E-state index contributed by atoms with van der Waals surface area (Å²) in [6, 6.07) is 22.1. The van der Waals surface area contributed by atoms with Crippen molar-refractivity contribution in [3.8, 4) is 34.3 Å². The number of aromatic nitrogens is 5. The molecule has 0 aliphatic rings. The first-order valence-corrected chi connectivity index (χ1v) is 12.6. The van der Waals surface area contributed by atoms with Gasteiger partial charge < -0.3 is 14.8 Å². The zero-order chi connectivity index (χ0) is 30.0. The first-order valence-electron chi connectivity index (χ1n) is 12.6. The molecule has 9 nitrogen and oxygen atoms in total. The Morgan fingerprint density at radius 3 is 2.19 bits per heavy atom. The predicted octanol–water partition coefficient (Wildman–Crippen LogP) is 7.18. The highest BCUT2D eigenvalue weighted by atomic mass is 19.4. The van der Waals surface area contributed by atoms with E-state index in [2.05, 4.69) is 25.4 Å². The largest absolute Gasteiger partial charge is 0.457 e. The van der Waals surface area contributed by atoms with Gasteiger partial charge in [0.2, 0.25) is 5.82 Å². The van der Waals surface area contributed by atoms with E-state index in [-0.39, 0.29) is 22.9 Å². The van der Waals surface area contributed by atoms with Crippen LogP contribution in [0.4, 0.5) is 23.2 Å². The van der Waals surface area contributed by atoms with Crippen LogP contribution in [0, 0.1) is 5.82 Å². The third-order valence-electron chi connectivity index (χ3n) is 5.93. The Bertz CT molecular complexity index is 1920. The fourth-order valence-electron chi connectivity index (χ4n) is 4.05. The van der Waals surface area contributed by atoms with Gasteiger partial charge in [-0.3, -0.25) is 9.78 Å². The molecule has 13 heteroatoms. The van der Waals surface area contributed by atoms with Crippen LogP contribution in [0.5, 0.6) is 23.0 Å². The van der Waals surface area contributed by atoms with E-state index in [0.29, 0.717) is 21.6 Å². The van der Waals surface area contributed by atoms with E-state index in [1.165, 1.54) is 48.7 Å². The van der Waals surface area contributed by atoms with E-state index in [1.807, 2.05) is 0 Å². The number of nitrogens with one attached hydrogen (secondary N) is 1. The second-order valence-electron chi connectivity index (χ2n) is 9.03. The van der Waals surface area contributed by atoms with Crippen LogP contribution in [0.25, 0.3) is 17.0 Å². The maximum atomic E-state index is 14.0. The van der Waals surface area contributed by atoms with E-state index in [1.54, 1.807) is 48.7 Å². The lowest BCUT2D eigenvalue weighted by Crippen LogP contribution is -2.16. The summed E-state index contributed by atoms with van der Waals surface area (Å²) in [6.45, 7) is 0. The number of alkyl halides is 3. The highest BCUT2D eigenvalue weighted by Crippen LogP contribution is 2.34. The highest BCUT2D eigenvalue weighted by Gasteiger charge is 2.36. The summed E-state index contributed by atoms with van der Waals surface area (Å²) in [6.07, 6.45) is -1.77. The summed E-state index contributed by atoms with van der Waals surface area (Å²) >= 11 is 0. The third-order valence-corrected chi connectivity index (χ3v) is 5.93. The molecule has 0 atom stereocenters. The number of fused-ring (bicyclic) bond motifs is 1. The highest BCUT2D eigenvalue weighted by molar-refractivity contribution is 6.02. The summed E-state index contributed by atoms with van der Waals surface area (Å²) in [5, 5.41) is 6.37. The van der Waals surface area contributed by atoms with Crippen LogP contribution in [-0.2, 0) is 6.18 Å². The van der Waals surface area contributed by atoms with Crippen molar-refractivity contribution in [2.24, 2.45) is 0 Å². The minimum absolute atomic E-state index is 0.0163. The number of carbonyl (C=O) groups is 1. The molecule has 1 N–H and O–H groups in total. The Balaban J connectivity index is 1.34. The van der Waals surface area contributed by atoms with Gasteiger partial charge in [-0.05, 0) is 42.5 Å². The number of carbonyl (C=O) groups excluding carboxylic acids is 1. The van der Waals surface area contributed by atoms with Gasteiger partial charge in [0.15, 0.2) is 5.69 Å². The molecule has 0 bridgehead atoms. The summed E-state index contributed by atoms with van der Waals surface area (Å²) in [4.78, 5) is 25.4. The van der Waals surface area contributed by atoms with Crippen LogP contribution in [0.3, 0.4) is 0 Å². The van der Waals surface area contributed by atoms with Crippen LogP contribution < -0.4 is 14.8 Å². The fraction of sp³-hybridized carbons (Fsp3) is 0.0333. The lowest BCUT2D eigenvalue weighted by atomic mass is 10.1. The van der Waals surface area contributed by atoms with Gasteiger partial charge in [0.05, 0.1) is 11.9 Å². The molecule has 0 fully saturated rings. The van der Waals surface area contributed by atoms with Gasteiger partial charge in [-0.1, -0.05) is 30.3 Å². The van der Waals surface area contributed by atoms with Gasteiger partial charge in [-0.15, -0.1) is 5.10 Å². The summed E-state index contributed by atoms with van der Waals surface area (Å²) in [5.74, 6) is -1.19. The molecule has 0 aliphatic heterocycles. The molecule has 0 unspecified atom stereocenters. The van der Waals surface area contributed by atoms with Crippen LogP contribution in [-0.4, -0.2) is 30.5 Å². The molecule has 3 heterocycles. The van der Waals surface area contributed by atoms with Gasteiger partial charge in [-0.25, -0.2) is 9.37 Å². The number of benzene rings is 3. The first-order chi connectivity index (χ1) is 20.7. The lowest BCUT2D eigenvalue weighted by Gasteiger charge is -2.12. The molecule has 0 aliphatic carbocycles. The van der Waals surface area contributed by atoms with Crippen LogP contribution in [0.2, 0.25) is 0 Å². The number of ether oxygens (including phenoxy) is 2. The van der Waals surface area contributed by atoms with Crippen molar-refractivity contribution in [2.45, 2.75) is 6.18 Å². The van der Waals surface area contributed by atoms with E-state index >= 15 is 0 Å². The smallest absolute Gasteiger partial charge is 0.433 e. The molecular formula is C30H18F4N6O3. The third kappa shape index (κ3) is 6.25. The van der Waals surface area contributed by atoms with Crippen molar-refractivity contribution >= 4 is 17.4 Å². The minimum atomic E-state index is -4.81. The van der Waals surface area contributed by atoms with Crippen molar-refractivity contribution in [3.63, 3.8) is 0 Å². The number of amides is 1. The van der Waals surface area contributed by atoms with Crippen LogP contribution in [0.15, 0.2) is 103 Å². The Kier molecular flexibility index (Phi) is 7.12. The quantitative estimate of drug-likeness (QED) is 0.198. The maximum absolute atomic E-state index is 14.0.